The Morgan fingerprint density at radius 2 is 2.13 bits per heavy atom. The van der Waals surface area contributed by atoms with Gasteiger partial charge in [0.1, 0.15) is 5.54 Å². The first-order valence-corrected chi connectivity index (χ1v) is 6.80. The lowest BCUT2D eigenvalue weighted by molar-refractivity contribution is 0.285. The summed E-state index contributed by atoms with van der Waals surface area (Å²) in [6.07, 6.45) is 1.66. The Morgan fingerprint density at radius 1 is 1.53 bits per heavy atom. The molecule has 0 bridgehead atoms. The molecule has 5 heteroatoms. The molecule has 1 aliphatic heterocycles. The summed E-state index contributed by atoms with van der Waals surface area (Å²) in [5.74, 6) is 1.58. The Labute approximate surface area is 93.9 Å². The van der Waals surface area contributed by atoms with Gasteiger partial charge >= 0.3 is 0 Å². The molecule has 0 aromatic heterocycles. The molecule has 1 aliphatic rings. The van der Waals surface area contributed by atoms with Gasteiger partial charge < -0.3 is 10.6 Å². The van der Waals surface area contributed by atoms with Crippen molar-refractivity contribution in [3.8, 4) is 6.07 Å². The van der Waals surface area contributed by atoms with E-state index in [0.717, 1.165) is 44.0 Å². The number of hydrogen-bond donors (Lipinski definition) is 1. The molecule has 1 rings (SSSR count). The Hall–Kier alpha value is -0.440. The average Bonchev–Trinajstić information content (AvgIpc) is 2.21. The van der Waals surface area contributed by atoms with Gasteiger partial charge in [-0.15, -0.1) is 0 Å². The van der Waals surface area contributed by atoms with E-state index < -0.39 is 16.3 Å². The topological polar surface area (TPSA) is 70.1 Å². The summed E-state index contributed by atoms with van der Waals surface area (Å²) in [7, 11) is -0.604. The van der Waals surface area contributed by atoms with Crippen molar-refractivity contribution in [2.75, 3.05) is 31.1 Å². The van der Waals surface area contributed by atoms with Crippen molar-refractivity contribution in [2.24, 2.45) is 5.73 Å². The van der Waals surface area contributed by atoms with E-state index in [1.165, 1.54) is 0 Å². The summed E-state index contributed by atoms with van der Waals surface area (Å²) in [5.41, 5.74) is 5.03. The summed E-state index contributed by atoms with van der Waals surface area (Å²) in [4.78, 5) is 2.30. The highest BCUT2D eigenvalue weighted by atomic mass is 32.2. The molecule has 15 heavy (non-hydrogen) atoms. The normalized spacial score (nSPS) is 23.3. The minimum Gasteiger partial charge on any atom is -0.314 e. The zero-order valence-electron chi connectivity index (χ0n) is 9.24. The minimum atomic E-state index is -0.696. The van der Waals surface area contributed by atoms with Crippen LogP contribution in [-0.4, -0.2) is 45.8 Å². The summed E-state index contributed by atoms with van der Waals surface area (Å²) >= 11 is 0. The van der Waals surface area contributed by atoms with Crippen molar-refractivity contribution in [3.05, 3.63) is 0 Å². The first-order valence-electron chi connectivity index (χ1n) is 5.31. The van der Waals surface area contributed by atoms with Crippen LogP contribution in [0.5, 0.6) is 0 Å². The van der Waals surface area contributed by atoms with Crippen LogP contribution in [0.4, 0.5) is 0 Å². The monoisotopic (exact) mass is 229 g/mol. The zero-order valence-corrected chi connectivity index (χ0v) is 10.1. The van der Waals surface area contributed by atoms with E-state index >= 15 is 0 Å². The Morgan fingerprint density at radius 3 is 2.67 bits per heavy atom. The fourth-order valence-electron chi connectivity index (χ4n) is 1.63. The van der Waals surface area contributed by atoms with Gasteiger partial charge in [0.2, 0.25) is 0 Å². The van der Waals surface area contributed by atoms with Gasteiger partial charge in [-0.2, -0.15) is 5.26 Å². The fraction of sp³-hybridized carbons (Fsp3) is 0.900. The molecular weight excluding hydrogens is 210 g/mol. The predicted molar refractivity (Wildman–Crippen MR) is 61.8 cm³/mol. The SMILES string of the molecule is CC(N)(C#N)CCCN1CCS(=O)CC1. The standard InChI is InChI=1S/C10H19N3OS/c1-10(12,9-11)3-2-4-13-5-7-15(14)8-6-13/h2-8,12H2,1H3. The molecule has 1 saturated heterocycles. The molecule has 86 valence electrons. The van der Waals surface area contributed by atoms with E-state index in [4.69, 9.17) is 11.0 Å². The van der Waals surface area contributed by atoms with Crippen LogP contribution in [0.1, 0.15) is 19.8 Å². The van der Waals surface area contributed by atoms with Crippen LogP contribution in [0, 0.1) is 11.3 Å². The second kappa shape index (κ2) is 5.59. The van der Waals surface area contributed by atoms with Crippen LogP contribution >= 0.6 is 0 Å². The predicted octanol–water partition coefficient (Wildman–Crippen LogP) is 0.0719. The van der Waals surface area contributed by atoms with Crippen LogP contribution < -0.4 is 5.73 Å². The largest absolute Gasteiger partial charge is 0.314 e. The zero-order chi connectivity index (χ0) is 11.3. The van der Waals surface area contributed by atoms with Crippen LogP contribution in [-0.2, 0) is 10.8 Å². The molecule has 1 heterocycles. The number of hydrogen-bond acceptors (Lipinski definition) is 4. The second-order valence-corrected chi connectivity index (χ2v) is 6.02. The molecule has 0 saturated carbocycles. The molecule has 1 unspecified atom stereocenters. The van der Waals surface area contributed by atoms with Gasteiger partial charge in [0.25, 0.3) is 0 Å². The van der Waals surface area contributed by atoms with Crippen molar-refractivity contribution in [1.82, 2.24) is 4.90 Å². The quantitative estimate of drug-likeness (QED) is 0.740. The molecule has 0 aromatic carbocycles. The van der Waals surface area contributed by atoms with Crippen LogP contribution in [0.25, 0.3) is 0 Å². The van der Waals surface area contributed by atoms with Gasteiger partial charge in [-0.25, -0.2) is 0 Å². The van der Waals surface area contributed by atoms with E-state index in [-0.39, 0.29) is 0 Å². The van der Waals surface area contributed by atoms with Crippen LogP contribution in [0.15, 0.2) is 0 Å². The van der Waals surface area contributed by atoms with Crippen molar-refractivity contribution in [3.63, 3.8) is 0 Å². The van der Waals surface area contributed by atoms with Crippen LogP contribution in [0.3, 0.4) is 0 Å². The van der Waals surface area contributed by atoms with E-state index in [9.17, 15) is 4.21 Å². The molecule has 0 amide bonds. The molecule has 4 nitrogen and oxygen atoms in total. The van der Waals surface area contributed by atoms with E-state index in [1.54, 1.807) is 6.92 Å². The van der Waals surface area contributed by atoms with Crippen molar-refractivity contribution in [1.29, 1.82) is 5.26 Å². The van der Waals surface area contributed by atoms with Crippen molar-refractivity contribution >= 4 is 10.8 Å². The van der Waals surface area contributed by atoms with E-state index in [0.29, 0.717) is 0 Å². The van der Waals surface area contributed by atoms with Crippen molar-refractivity contribution in [2.45, 2.75) is 25.3 Å². The third-order valence-corrected chi connectivity index (χ3v) is 3.97. The van der Waals surface area contributed by atoms with Crippen LogP contribution in [0.2, 0.25) is 0 Å². The lowest BCUT2D eigenvalue weighted by atomic mass is 9.99. The minimum absolute atomic E-state index is 0.604. The van der Waals surface area contributed by atoms with Gasteiger partial charge in [0.15, 0.2) is 0 Å². The molecule has 1 atom stereocenters. The average molecular weight is 229 g/mol. The number of nitrogens with two attached hydrogens (primary N) is 1. The van der Waals surface area contributed by atoms with Gasteiger partial charge in [-0.05, 0) is 26.3 Å². The number of nitriles is 1. The summed E-state index contributed by atoms with van der Waals surface area (Å²) in [6, 6.07) is 2.10. The number of nitrogens with zero attached hydrogens (tertiary/aromatic N) is 2. The maximum absolute atomic E-state index is 11.1. The molecule has 1 fully saturated rings. The number of rotatable bonds is 4. The first kappa shape index (κ1) is 12.6. The summed E-state index contributed by atoms with van der Waals surface area (Å²) in [5, 5.41) is 8.74. The molecular formula is C10H19N3OS. The maximum Gasteiger partial charge on any atom is 0.101 e. The second-order valence-electron chi connectivity index (χ2n) is 4.32. The van der Waals surface area contributed by atoms with Gasteiger partial charge in [-0.3, -0.25) is 4.21 Å². The highest BCUT2D eigenvalue weighted by Gasteiger charge is 2.19. The molecule has 0 spiro atoms. The van der Waals surface area contributed by atoms with Gasteiger partial charge in [0, 0.05) is 35.4 Å². The smallest absolute Gasteiger partial charge is 0.101 e. The summed E-state index contributed by atoms with van der Waals surface area (Å²) < 4.78 is 11.1. The summed E-state index contributed by atoms with van der Waals surface area (Å²) in [6.45, 7) is 4.56. The molecule has 0 radical (unpaired) electrons. The Kier molecular flexibility index (Phi) is 4.71. The fourth-order valence-corrected chi connectivity index (χ4v) is 2.75. The maximum atomic E-state index is 11.1. The van der Waals surface area contributed by atoms with E-state index in [2.05, 4.69) is 11.0 Å². The first-order chi connectivity index (χ1) is 7.03. The Bertz CT molecular complexity index is 262. The lowest BCUT2D eigenvalue weighted by Gasteiger charge is -2.26. The molecule has 0 aromatic rings. The molecule has 2 N–H and O–H groups in total. The lowest BCUT2D eigenvalue weighted by Crippen LogP contribution is -2.40. The van der Waals surface area contributed by atoms with E-state index in [1.807, 2.05) is 0 Å². The third-order valence-electron chi connectivity index (χ3n) is 2.70. The Balaban J connectivity index is 2.16. The van der Waals surface area contributed by atoms with Crippen molar-refractivity contribution < 1.29 is 4.21 Å². The molecule has 0 aliphatic carbocycles. The highest BCUT2D eigenvalue weighted by molar-refractivity contribution is 7.85. The van der Waals surface area contributed by atoms with Gasteiger partial charge in [-0.1, -0.05) is 0 Å². The van der Waals surface area contributed by atoms with Gasteiger partial charge in [0.05, 0.1) is 6.07 Å². The highest BCUT2D eigenvalue weighted by Crippen LogP contribution is 2.09. The third kappa shape index (κ3) is 4.74.